The molecule has 1 heterocycles. The highest BCUT2D eigenvalue weighted by Gasteiger charge is 2.38. The first-order chi connectivity index (χ1) is 8.49. The molecule has 1 aromatic rings. The lowest BCUT2D eigenvalue weighted by atomic mass is 10.0. The number of likely N-dealkylation sites (N-methyl/N-ethyl adjacent to an activating group) is 1. The Balaban J connectivity index is 2.43. The third-order valence-electron chi connectivity index (χ3n) is 3.45. The zero-order valence-electron chi connectivity index (χ0n) is 10.2. The van der Waals surface area contributed by atoms with E-state index in [9.17, 15) is 13.2 Å². The molecule has 100 valence electrons. The van der Waals surface area contributed by atoms with Gasteiger partial charge in [-0.2, -0.15) is 13.2 Å². The molecule has 0 radical (unpaired) electrons. The molecule has 0 aliphatic carbocycles. The SMILES string of the molecule is CCN1c2cccc(C(F)(F)F)c2CC1CCO. The number of hydrogen-bond donors (Lipinski definition) is 1. The number of alkyl halides is 3. The lowest BCUT2D eigenvalue weighted by molar-refractivity contribution is -0.138. The molecule has 1 aromatic carbocycles. The van der Waals surface area contributed by atoms with Gasteiger partial charge in [-0.3, -0.25) is 0 Å². The summed E-state index contributed by atoms with van der Waals surface area (Å²) < 4.78 is 38.8. The van der Waals surface area contributed by atoms with E-state index >= 15 is 0 Å². The average molecular weight is 259 g/mol. The van der Waals surface area contributed by atoms with Crippen molar-refractivity contribution in [1.82, 2.24) is 0 Å². The van der Waals surface area contributed by atoms with E-state index < -0.39 is 11.7 Å². The van der Waals surface area contributed by atoms with Crippen LogP contribution in [0.5, 0.6) is 0 Å². The Kier molecular flexibility index (Phi) is 3.52. The third kappa shape index (κ3) is 2.19. The van der Waals surface area contributed by atoms with Crippen molar-refractivity contribution in [1.29, 1.82) is 0 Å². The molecule has 1 atom stereocenters. The molecule has 2 nitrogen and oxygen atoms in total. The smallest absolute Gasteiger partial charge is 0.396 e. The number of fused-ring (bicyclic) bond motifs is 1. The summed E-state index contributed by atoms with van der Waals surface area (Å²) >= 11 is 0. The first kappa shape index (κ1) is 13.2. The van der Waals surface area contributed by atoms with Crippen molar-refractivity contribution in [2.75, 3.05) is 18.1 Å². The number of hydrogen-bond acceptors (Lipinski definition) is 2. The minimum atomic E-state index is -4.31. The van der Waals surface area contributed by atoms with Crippen LogP contribution in [-0.4, -0.2) is 24.3 Å². The van der Waals surface area contributed by atoms with Gasteiger partial charge >= 0.3 is 6.18 Å². The molecule has 0 spiro atoms. The molecule has 5 heteroatoms. The van der Waals surface area contributed by atoms with Crippen LogP contribution in [0.3, 0.4) is 0 Å². The Morgan fingerprint density at radius 1 is 1.39 bits per heavy atom. The molecule has 2 rings (SSSR count). The zero-order valence-corrected chi connectivity index (χ0v) is 10.2. The van der Waals surface area contributed by atoms with Crippen LogP contribution in [0.25, 0.3) is 0 Å². The van der Waals surface area contributed by atoms with Gasteiger partial charge in [0.15, 0.2) is 0 Å². The average Bonchev–Trinajstić information content (AvgIpc) is 2.65. The predicted octanol–water partition coefficient (Wildman–Crippen LogP) is 2.84. The Labute approximate surface area is 104 Å². The highest BCUT2D eigenvalue weighted by Crippen LogP contribution is 2.41. The number of rotatable bonds is 3. The monoisotopic (exact) mass is 259 g/mol. The van der Waals surface area contributed by atoms with E-state index in [2.05, 4.69) is 0 Å². The highest BCUT2D eigenvalue weighted by molar-refractivity contribution is 5.62. The van der Waals surface area contributed by atoms with Gasteiger partial charge < -0.3 is 10.0 Å². The molecule has 0 saturated heterocycles. The molecular formula is C13H16F3NO. The quantitative estimate of drug-likeness (QED) is 0.902. The fourth-order valence-electron chi connectivity index (χ4n) is 2.70. The second-order valence-electron chi connectivity index (χ2n) is 4.46. The van der Waals surface area contributed by atoms with Crippen LogP contribution in [0.1, 0.15) is 24.5 Å². The first-order valence-corrected chi connectivity index (χ1v) is 6.05. The van der Waals surface area contributed by atoms with Gasteiger partial charge in [-0.05, 0) is 37.5 Å². The minimum Gasteiger partial charge on any atom is -0.396 e. The van der Waals surface area contributed by atoms with Gasteiger partial charge in [-0.1, -0.05) is 6.07 Å². The number of nitrogens with zero attached hydrogens (tertiary/aromatic N) is 1. The summed E-state index contributed by atoms with van der Waals surface area (Å²) in [5, 5.41) is 9.00. The zero-order chi connectivity index (χ0) is 13.3. The summed E-state index contributed by atoms with van der Waals surface area (Å²) in [5.74, 6) is 0. The normalized spacial score (nSPS) is 19.2. The van der Waals surface area contributed by atoms with Crippen LogP contribution in [0.2, 0.25) is 0 Å². The molecule has 1 aliphatic rings. The summed E-state index contributed by atoms with van der Waals surface area (Å²) in [6.45, 7) is 2.56. The number of aliphatic hydroxyl groups excluding tert-OH is 1. The van der Waals surface area contributed by atoms with E-state index in [1.54, 1.807) is 6.07 Å². The van der Waals surface area contributed by atoms with E-state index in [0.717, 1.165) is 6.07 Å². The Hall–Kier alpha value is -1.23. The molecule has 0 saturated carbocycles. The Morgan fingerprint density at radius 2 is 2.11 bits per heavy atom. The minimum absolute atomic E-state index is 0.00347. The van der Waals surface area contributed by atoms with Crippen LogP contribution in [0.15, 0.2) is 18.2 Å². The standard InChI is InChI=1S/C13H16F3NO/c1-2-17-9(6-7-18)8-10-11(13(14,15)16)4-3-5-12(10)17/h3-5,9,18H,2,6-8H2,1H3. The van der Waals surface area contributed by atoms with Gasteiger partial charge in [0.25, 0.3) is 0 Å². The summed E-state index contributed by atoms with van der Waals surface area (Å²) in [6, 6.07) is 4.28. The number of halogens is 3. The van der Waals surface area contributed by atoms with Crippen molar-refractivity contribution in [3.05, 3.63) is 29.3 Å². The predicted molar refractivity (Wildman–Crippen MR) is 63.7 cm³/mol. The molecule has 18 heavy (non-hydrogen) atoms. The number of aliphatic hydroxyl groups is 1. The lowest BCUT2D eigenvalue weighted by Gasteiger charge is -2.25. The topological polar surface area (TPSA) is 23.5 Å². The summed E-state index contributed by atoms with van der Waals surface area (Å²) in [4.78, 5) is 1.95. The fourth-order valence-corrected chi connectivity index (χ4v) is 2.70. The third-order valence-corrected chi connectivity index (χ3v) is 3.45. The van der Waals surface area contributed by atoms with E-state index in [-0.39, 0.29) is 12.6 Å². The largest absolute Gasteiger partial charge is 0.416 e. The molecule has 1 aliphatic heterocycles. The van der Waals surface area contributed by atoms with Crippen molar-refractivity contribution in [3.63, 3.8) is 0 Å². The highest BCUT2D eigenvalue weighted by atomic mass is 19.4. The van der Waals surface area contributed by atoms with Crippen LogP contribution in [-0.2, 0) is 12.6 Å². The number of anilines is 1. The van der Waals surface area contributed by atoms with Crippen molar-refractivity contribution < 1.29 is 18.3 Å². The summed E-state index contributed by atoms with van der Waals surface area (Å²) in [7, 11) is 0. The first-order valence-electron chi connectivity index (χ1n) is 6.05. The van der Waals surface area contributed by atoms with Crippen molar-refractivity contribution in [2.24, 2.45) is 0 Å². The lowest BCUT2D eigenvalue weighted by Crippen LogP contribution is -2.32. The van der Waals surface area contributed by atoms with Crippen LogP contribution < -0.4 is 4.90 Å². The second-order valence-corrected chi connectivity index (χ2v) is 4.46. The second kappa shape index (κ2) is 4.80. The number of benzene rings is 1. The molecule has 0 bridgehead atoms. The van der Waals surface area contributed by atoms with Crippen molar-refractivity contribution in [3.8, 4) is 0 Å². The van der Waals surface area contributed by atoms with Crippen molar-refractivity contribution >= 4 is 5.69 Å². The summed E-state index contributed by atoms with van der Waals surface area (Å²) in [6.07, 6.45) is -3.45. The van der Waals surface area contributed by atoms with E-state index in [1.807, 2.05) is 11.8 Å². The molecular weight excluding hydrogens is 243 g/mol. The van der Waals surface area contributed by atoms with Gasteiger partial charge in [0.2, 0.25) is 0 Å². The van der Waals surface area contributed by atoms with Gasteiger partial charge in [0, 0.05) is 24.9 Å². The van der Waals surface area contributed by atoms with Crippen molar-refractivity contribution in [2.45, 2.75) is 32.0 Å². The molecule has 0 fully saturated rings. The maximum atomic E-state index is 12.9. The van der Waals surface area contributed by atoms with Gasteiger partial charge in [0.1, 0.15) is 0 Å². The fraction of sp³-hybridized carbons (Fsp3) is 0.538. The maximum absolute atomic E-state index is 12.9. The Morgan fingerprint density at radius 3 is 2.67 bits per heavy atom. The van der Waals surface area contributed by atoms with Gasteiger partial charge in [-0.25, -0.2) is 0 Å². The molecule has 0 amide bonds. The van der Waals surface area contributed by atoms with Crippen LogP contribution in [0, 0.1) is 0 Å². The van der Waals surface area contributed by atoms with Gasteiger partial charge in [-0.15, -0.1) is 0 Å². The van der Waals surface area contributed by atoms with Crippen LogP contribution >= 0.6 is 0 Å². The van der Waals surface area contributed by atoms with E-state index in [1.165, 1.54) is 6.07 Å². The van der Waals surface area contributed by atoms with E-state index in [0.29, 0.717) is 30.6 Å². The molecule has 1 unspecified atom stereocenters. The molecule has 1 N–H and O–H groups in total. The van der Waals surface area contributed by atoms with E-state index in [4.69, 9.17) is 5.11 Å². The molecule has 0 aromatic heterocycles. The van der Waals surface area contributed by atoms with Crippen LogP contribution in [0.4, 0.5) is 18.9 Å². The van der Waals surface area contributed by atoms with Gasteiger partial charge in [0.05, 0.1) is 5.56 Å². The Bertz CT molecular complexity index is 431. The summed E-state index contributed by atoms with van der Waals surface area (Å²) in [5.41, 5.74) is 0.481. The maximum Gasteiger partial charge on any atom is 0.416 e.